The second kappa shape index (κ2) is 13.9. The lowest BCUT2D eigenvalue weighted by Gasteiger charge is -2.42. The number of fused-ring (bicyclic) bond motifs is 9. The molecule has 0 atom stereocenters. The molecule has 1 aromatic heterocycles. The molecule has 63 heavy (non-hydrogen) atoms. The van der Waals surface area contributed by atoms with Crippen LogP contribution in [-0.2, 0) is 18.3 Å². The molecule has 8 aromatic carbocycles. The molecular formula is C57H42BN3OS. The van der Waals surface area contributed by atoms with Crippen LogP contribution < -0.4 is 35.1 Å². The number of rotatable bonds is 7. The van der Waals surface area contributed by atoms with E-state index in [1.165, 1.54) is 71.1 Å². The van der Waals surface area contributed by atoms with Gasteiger partial charge in [0.25, 0.3) is 6.71 Å². The molecule has 0 saturated heterocycles. The van der Waals surface area contributed by atoms with Gasteiger partial charge in [-0.1, -0.05) is 117 Å². The third kappa shape index (κ3) is 5.47. The Morgan fingerprint density at radius 1 is 0.540 bits per heavy atom. The van der Waals surface area contributed by atoms with Crippen LogP contribution in [0.15, 0.2) is 194 Å². The molecule has 0 radical (unpaired) electrons. The summed E-state index contributed by atoms with van der Waals surface area (Å²) >= 11 is 1.91. The molecule has 0 spiro atoms. The van der Waals surface area contributed by atoms with Crippen molar-refractivity contribution in [2.24, 2.45) is 0 Å². The smallest absolute Gasteiger partial charge is 0.268 e. The van der Waals surface area contributed by atoms with Crippen LogP contribution in [0.3, 0.4) is 0 Å². The monoisotopic (exact) mass is 827 g/mol. The van der Waals surface area contributed by atoms with Gasteiger partial charge in [0.2, 0.25) is 0 Å². The predicted molar refractivity (Wildman–Crippen MR) is 265 cm³/mol. The lowest BCUT2D eigenvalue weighted by molar-refractivity contribution is 0.485. The third-order valence-corrected chi connectivity index (χ3v) is 14.9. The number of hydrogen-bond acceptors (Lipinski definition) is 5. The second-order valence-corrected chi connectivity index (χ2v) is 18.7. The highest BCUT2D eigenvalue weighted by molar-refractivity contribution is 7.31. The normalized spacial score (nSPS) is 14.3. The van der Waals surface area contributed by atoms with Crippen LogP contribution in [0, 0.1) is 0 Å². The highest BCUT2D eigenvalue weighted by atomic mass is 32.1. The van der Waals surface area contributed by atoms with Crippen LogP contribution in [0.2, 0.25) is 0 Å². The summed E-state index contributed by atoms with van der Waals surface area (Å²) in [5, 5.41) is 1.18. The van der Waals surface area contributed by atoms with Crippen molar-refractivity contribution in [2.75, 3.05) is 14.7 Å². The molecule has 0 fully saturated rings. The van der Waals surface area contributed by atoms with Crippen molar-refractivity contribution in [2.45, 2.75) is 32.1 Å². The minimum Gasteiger partial charge on any atom is -0.458 e. The van der Waals surface area contributed by atoms with E-state index in [4.69, 9.17) is 4.74 Å². The van der Waals surface area contributed by atoms with E-state index in [0.717, 1.165) is 52.8 Å². The first-order valence-electron chi connectivity index (χ1n) is 22.0. The second-order valence-electron chi connectivity index (χ2n) is 17.6. The minimum absolute atomic E-state index is 0.00113. The number of nitrogens with zero attached hydrogens (tertiary/aromatic N) is 3. The lowest BCUT2D eigenvalue weighted by Crippen LogP contribution is -2.59. The Bertz CT molecular complexity index is 3160. The van der Waals surface area contributed by atoms with Crippen molar-refractivity contribution in [3.63, 3.8) is 0 Å². The van der Waals surface area contributed by atoms with Gasteiger partial charge in [-0.25, -0.2) is 0 Å². The van der Waals surface area contributed by atoms with Gasteiger partial charge in [0.05, 0.1) is 5.69 Å². The molecule has 0 N–H and O–H groups in total. The topological polar surface area (TPSA) is 19.0 Å². The van der Waals surface area contributed by atoms with Crippen molar-refractivity contribution >= 4 is 84.3 Å². The molecule has 0 unspecified atom stereocenters. The summed E-state index contributed by atoms with van der Waals surface area (Å²) < 4.78 is 8.57. The van der Waals surface area contributed by atoms with Gasteiger partial charge in [0.15, 0.2) is 0 Å². The molecule has 300 valence electrons. The van der Waals surface area contributed by atoms with Crippen molar-refractivity contribution in [3.05, 3.63) is 216 Å². The van der Waals surface area contributed by atoms with E-state index in [1.54, 1.807) is 0 Å². The fourth-order valence-electron chi connectivity index (χ4n) is 10.7. The Morgan fingerprint density at radius 2 is 1.11 bits per heavy atom. The predicted octanol–water partition coefficient (Wildman–Crippen LogP) is 13.5. The van der Waals surface area contributed by atoms with Gasteiger partial charge in [0.1, 0.15) is 16.5 Å². The van der Waals surface area contributed by atoms with Gasteiger partial charge in [-0.15, -0.1) is 11.3 Å². The van der Waals surface area contributed by atoms with Gasteiger partial charge >= 0.3 is 0 Å². The van der Waals surface area contributed by atoms with Gasteiger partial charge in [0, 0.05) is 50.0 Å². The number of para-hydroxylation sites is 5. The van der Waals surface area contributed by atoms with Crippen LogP contribution in [0.25, 0.3) is 11.1 Å². The molecule has 13 rings (SSSR count). The van der Waals surface area contributed by atoms with Crippen molar-refractivity contribution < 1.29 is 4.74 Å². The molecule has 2 aliphatic carbocycles. The highest BCUT2D eigenvalue weighted by Gasteiger charge is 2.48. The fourth-order valence-corrected chi connectivity index (χ4v) is 12.0. The Hall–Kier alpha value is -7.28. The Kier molecular flexibility index (Phi) is 8.01. The average molecular weight is 828 g/mol. The third-order valence-electron chi connectivity index (χ3n) is 13.8. The molecule has 0 amide bonds. The Morgan fingerprint density at radius 3 is 1.70 bits per heavy atom. The van der Waals surface area contributed by atoms with E-state index in [2.05, 4.69) is 223 Å². The van der Waals surface area contributed by atoms with E-state index in [1.807, 2.05) is 11.3 Å². The molecule has 9 aromatic rings. The molecular weight excluding hydrogens is 786 g/mol. The van der Waals surface area contributed by atoms with Gasteiger partial charge in [-0.3, -0.25) is 0 Å². The molecule has 2 aliphatic heterocycles. The largest absolute Gasteiger partial charge is 0.458 e. The first-order valence-corrected chi connectivity index (χ1v) is 22.8. The average Bonchev–Trinajstić information content (AvgIpc) is 3.84. The molecule has 0 saturated carbocycles. The van der Waals surface area contributed by atoms with E-state index in [0.29, 0.717) is 0 Å². The molecule has 6 heteroatoms. The van der Waals surface area contributed by atoms with Crippen molar-refractivity contribution in [1.82, 2.24) is 0 Å². The van der Waals surface area contributed by atoms with Crippen molar-refractivity contribution in [3.8, 4) is 22.6 Å². The molecule has 0 bridgehead atoms. The molecule has 4 nitrogen and oxygen atoms in total. The quantitative estimate of drug-likeness (QED) is 0.149. The number of ether oxygens (including phenoxy) is 1. The summed E-state index contributed by atoms with van der Waals surface area (Å²) in [6.07, 6.45) is 2.12. The van der Waals surface area contributed by atoms with E-state index in [9.17, 15) is 0 Å². The highest BCUT2D eigenvalue weighted by Crippen LogP contribution is 2.54. The SMILES string of the molecule is CC1(C)c2cc(N(c3ccccc3)c3ccccc3)ccc2-c2cc3c(cc21)B1c2sc(N(c4ccccc4)c4ccccc4)cc2N(c2ccccc2)c2c4c(cc(c21)O3)CC4. The minimum atomic E-state index is -0.260. The fraction of sp³-hybridized carbons (Fsp3) is 0.0877. The maximum Gasteiger partial charge on any atom is 0.268 e. The first kappa shape index (κ1) is 36.4. The zero-order chi connectivity index (χ0) is 41.8. The van der Waals surface area contributed by atoms with Crippen LogP contribution >= 0.6 is 11.3 Å². The van der Waals surface area contributed by atoms with Gasteiger partial charge in [-0.05, 0) is 148 Å². The maximum absolute atomic E-state index is 7.23. The maximum atomic E-state index is 7.23. The lowest BCUT2D eigenvalue weighted by atomic mass is 9.36. The molecule has 4 aliphatic rings. The molecule has 3 heterocycles. The number of benzene rings is 8. The number of anilines is 9. The summed E-state index contributed by atoms with van der Waals surface area (Å²) in [4.78, 5) is 7.34. The number of hydrogen-bond donors (Lipinski definition) is 0. The summed E-state index contributed by atoms with van der Waals surface area (Å²) in [6.45, 7) is 4.80. The van der Waals surface area contributed by atoms with Gasteiger partial charge < -0.3 is 19.4 Å². The summed E-state index contributed by atoms with van der Waals surface area (Å²) in [5.41, 5.74) is 19.7. The summed E-state index contributed by atoms with van der Waals surface area (Å²) in [5.74, 6) is 1.94. The van der Waals surface area contributed by atoms with Crippen LogP contribution in [0.5, 0.6) is 11.5 Å². The van der Waals surface area contributed by atoms with E-state index >= 15 is 0 Å². The zero-order valence-electron chi connectivity index (χ0n) is 35.1. The summed E-state index contributed by atoms with van der Waals surface area (Å²) in [7, 11) is 0. The number of aryl methyl sites for hydroxylation is 1. The van der Waals surface area contributed by atoms with Crippen LogP contribution in [0.4, 0.5) is 50.5 Å². The first-order chi connectivity index (χ1) is 31.0. The van der Waals surface area contributed by atoms with Crippen molar-refractivity contribution in [1.29, 1.82) is 0 Å². The van der Waals surface area contributed by atoms with Crippen LogP contribution in [-0.4, -0.2) is 6.71 Å². The Balaban J connectivity index is 1.01. The van der Waals surface area contributed by atoms with Gasteiger partial charge in [-0.2, -0.15) is 0 Å². The zero-order valence-corrected chi connectivity index (χ0v) is 35.9. The van der Waals surface area contributed by atoms with Crippen LogP contribution in [0.1, 0.15) is 36.1 Å². The summed E-state index contributed by atoms with van der Waals surface area (Å²) in [6, 6.07) is 70.7. The number of thiophene rings is 1. The van der Waals surface area contributed by atoms with E-state index in [-0.39, 0.29) is 12.1 Å². The van der Waals surface area contributed by atoms with E-state index < -0.39 is 0 Å². The standard InChI is InChI=1S/C57H42BN3OS/c1-57(2)47-33-43(59(38-18-8-3-9-19-38)39-20-10-4-11-21-39)29-31-45(47)46-34-51-49(35-48(46)57)58-54-52(62-51)32-37-28-30-44(37)55(54)61(42-26-16-7-17-27-42)50-36-53(63-56(50)58)60(40-22-12-5-13-23-40)41-24-14-6-15-25-41/h3-27,29,31-36H,28,30H2,1-2H3. The Labute approximate surface area is 373 Å².